The summed E-state index contributed by atoms with van der Waals surface area (Å²) in [6.45, 7) is 6.82. The van der Waals surface area contributed by atoms with Crippen molar-refractivity contribution in [2.75, 3.05) is 23.8 Å². The molecule has 3 aromatic carbocycles. The molecule has 5 nitrogen and oxygen atoms in total. The van der Waals surface area contributed by atoms with Crippen LogP contribution in [0.5, 0.6) is 11.5 Å². The van der Waals surface area contributed by atoms with Gasteiger partial charge in [0.1, 0.15) is 0 Å². The summed E-state index contributed by atoms with van der Waals surface area (Å²) in [4.78, 5) is 12.4. The van der Waals surface area contributed by atoms with Gasteiger partial charge in [0.25, 0.3) is 5.91 Å². The second-order valence-corrected chi connectivity index (χ2v) is 7.61. The molecule has 0 saturated carbocycles. The second kappa shape index (κ2) is 10.7. The standard InChI is InChI=1S/C25H27ClN2O3/c1-4-30-24-14-19(15-27-21-8-6-5-7-20(21)26)11-12-23(24)31-16-25(29)28-22-13-17(2)9-10-18(22)3/h5-14,27H,4,15-16H2,1-3H3,(H,28,29). The smallest absolute Gasteiger partial charge is 0.262 e. The van der Waals surface area contributed by atoms with E-state index in [1.165, 1.54) is 0 Å². The zero-order valence-electron chi connectivity index (χ0n) is 18.0. The molecule has 0 bridgehead atoms. The molecule has 0 radical (unpaired) electrons. The maximum absolute atomic E-state index is 12.4. The molecule has 0 fully saturated rings. The number of rotatable bonds is 9. The van der Waals surface area contributed by atoms with E-state index in [-0.39, 0.29) is 12.5 Å². The van der Waals surface area contributed by atoms with Crippen LogP contribution in [-0.4, -0.2) is 19.1 Å². The fourth-order valence-electron chi connectivity index (χ4n) is 3.05. The van der Waals surface area contributed by atoms with Crippen LogP contribution in [0.2, 0.25) is 5.02 Å². The number of halogens is 1. The SMILES string of the molecule is CCOc1cc(CNc2ccccc2Cl)ccc1OCC(=O)Nc1cc(C)ccc1C. The summed E-state index contributed by atoms with van der Waals surface area (Å²) in [5, 5.41) is 6.88. The Kier molecular flexibility index (Phi) is 7.79. The van der Waals surface area contributed by atoms with E-state index in [1.54, 1.807) is 0 Å². The van der Waals surface area contributed by atoms with Crippen molar-refractivity contribution in [3.05, 3.63) is 82.4 Å². The normalized spacial score (nSPS) is 10.5. The molecule has 0 aliphatic rings. The van der Waals surface area contributed by atoms with Gasteiger partial charge < -0.3 is 20.1 Å². The Morgan fingerprint density at radius 3 is 2.52 bits per heavy atom. The Labute approximate surface area is 188 Å². The number of aryl methyl sites for hydroxylation is 2. The zero-order valence-corrected chi connectivity index (χ0v) is 18.8. The molecule has 31 heavy (non-hydrogen) atoms. The van der Waals surface area contributed by atoms with Crippen molar-refractivity contribution >= 4 is 28.9 Å². The van der Waals surface area contributed by atoms with Crippen molar-refractivity contribution in [2.45, 2.75) is 27.3 Å². The van der Waals surface area contributed by atoms with Crippen LogP contribution >= 0.6 is 11.6 Å². The Hall–Kier alpha value is -3.18. The first-order valence-electron chi connectivity index (χ1n) is 10.2. The summed E-state index contributed by atoms with van der Waals surface area (Å²) in [6.07, 6.45) is 0. The molecule has 0 unspecified atom stereocenters. The molecule has 3 aromatic rings. The van der Waals surface area contributed by atoms with E-state index in [2.05, 4.69) is 10.6 Å². The summed E-state index contributed by atoms with van der Waals surface area (Å²) < 4.78 is 11.5. The molecule has 0 heterocycles. The highest BCUT2D eigenvalue weighted by molar-refractivity contribution is 6.33. The third-order valence-electron chi connectivity index (χ3n) is 4.69. The van der Waals surface area contributed by atoms with E-state index in [1.807, 2.05) is 81.4 Å². The van der Waals surface area contributed by atoms with Gasteiger partial charge in [0.15, 0.2) is 18.1 Å². The number of nitrogens with one attached hydrogen (secondary N) is 2. The number of carbonyl (C=O) groups is 1. The fourth-order valence-corrected chi connectivity index (χ4v) is 3.25. The molecule has 6 heteroatoms. The molecule has 0 aromatic heterocycles. The van der Waals surface area contributed by atoms with Crippen molar-refractivity contribution in [3.8, 4) is 11.5 Å². The average Bonchev–Trinajstić information content (AvgIpc) is 2.75. The molecule has 3 rings (SSSR count). The van der Waals surface area contributed by atoms with Crippen LogP contribution in [0.3, 0.4) is 0 Å². The number of carbonyl (C=O) groups excluding carboxylic acids is 1. The third kappa shape index (κ3) is 6.40. The highest BCUT2D eigenvalue weighted by Crippen LogP contribution is 2.29. The van der Waals surface area contributed by atoms with E-state index >= 15 is 0 Å². The van der Waals surface area contributed by atoms with Gasteiger partial charge in [-0.2, -0.15) is 0 Å². The van der Waals surface area contributed by atoms with Crippen LogP contribution in [0.25, 0.3) is 0 Å². The molecule has 0 aliphatic carbocycles. The number of anilines is 2. The lowest BCUT2D eigenvalue weighted by molar-refractivity contribution is -0.118. The molecule has 0 atom stereocenters. The van der Waals surface area contributed by atoms with E-state index in [9.17, 15) is 4.79 Å². The minimum Gasteiger partial charge on any atom is -0.490 e. The lowest BCUT2D eigenvalue weighted by atomic mass is 10.1. The first-order chi connectivity index (χ1) is 15.0. The van der Waals surface area contributed by atoms with E-state index in [0.717, 1.165) is 28.1 Å². The van der Waals surface area contributed by atoms with Crippen molar-refractivity contribution in [2.24, 2.45) is 0 Å². The topological polar surface area (TPSA) is 59.6 Å². The third-order valence-corrected chi connectivity index (χ3v) is 5.02. The molecule has 2 N–H and O–H groups in total. The minimum absolute atomic E-state index is 0.106. The van der Waals surface area contributed by atoms with Crippen LogP contribution in [0.15, 0.2) is 60.7 Å². The maximum atomic E-state index is 12.4. The summed E-state index contributed by atoms with van der Waals surface area (Å²) in [5.74, 6) is 0.903. The predicted molar refractivity (Wildman–Crippen MR) is 126 cm³/mol. The van der Waals surface area contributed by atoms with Crippen molar-refractivity contribution in [1.82, 2.24) is 0 Å². The summed E-state index contributed by atoms with van der Waals surface area (Å²) in [6, 6.07) is 19.2. The first kappa shape index (κ1) is 22.5. The van der Waals surface area contributed by atoms with Gasteiger partial charge in [0.2, 0.25) is 0 Å². The highest BCUT2D eigenvalue weighted by Gasteiger charge is 2.11. The van der Waals surface area contributed by atoms with Crippen LogP contribution < -0.4 is 20.1 Å². The van der Waals surface area contributed by atoms with Crippen LogP contribution in [0.1, 0.15) is 23.6 Å². The number of benzene rings is 3. The summed E-state index contributed by atoms with van der Waals surface area (Å²) in [5.41, 5.74) is 4.76. The number of para-hydroxylation sites is 1. The zero-order chi connectivity index (χ0) is 22.2. The maximum Gasteiger partial charge on any atom is 0.262 e. The van der Waals surface area contributed by atoms with Crippen LogP contribution in [-0.2, 0) is 11.3 Å². The van der Waals surface area contributed by atoms with Crippen molar-refractivity contribution < 1.29 is 14.3 Å². The fraction of sp³-hybridized carbons (Fsp3) is 0.240. The van der Waals surface area contributed by atoms with Gasteiger partial charge in [-0.15, -0.1) is 0 Å². The lowest BCUT2D eigenvalue weighted by Crippen LogP contribution is -2.21. The van der Waals surface area contributed by atoms with Crippen molar-refractivity contribution in [3.63, 3.8) is 0 Å². The number of hydrogen-bond donors (Lipinski definition) is 2. The summed E-state index contributed by atoms with van der Waals surface area (Å²) in [7, 11) is 0. The monoisotopic (exact) mass is 438 g/mol. The van der Waals surface area contributed by atoms with E-state index in [0.29, 0.717) is 29.7 Å². The van der Waals surface area contributed by atoms with Crippen LogP contribution in [0, 0.1) is 13.8 Å². The van der Waals surface area contributed by atoms with E-state index < -0.39 is 0 Å². The molecular formula is C25H27ClN2O3. The second-order valence-electron chi connectivity index (χ2n) is 7.20. The largest absolute Gasteiger partial charge is 0.490 e. The van der Waals surface area contributed by atoms with Gasteiger partial charge in [-0.25, -0.2) is 0 Å². The average molecular weight is 439 g/mol. The minimum atomic E-state index is -0.222. The van der Waals surface area contributed by atoms with Crippen LogP contribution in [0.4, 0.5) is 11.4 Å². The Morgan fingerprint density at radius 1 is 0.935 bits per heavy atom. The Morgan fingerprint density at radius 2 is 1.74 bits per heavy atom. The van der Waals surface area contributed by atoms with Gasteiger partial charge in [-0.05, 0) is 67.8 Å². The number of amides is 1. The molecule has 1 amide bonds. The molecule has 162 valence electrons. The lowest BCUT2D eigenvalue weighted by Gasteiger charge is -2.15. The van der Waals surface area contributed by atoms with Gasteiger partial charge >= 0.3 is 0 Å². The molecule has 0 aliphatic heterocycles. The quantitative estimate of drug-likeness (QED) is 0.431. The van der Waals surface area contributed by atoms with Crippen molar-refractivity contribution in [1.29, 1.82) is 0 Å². The van der Waals surface area contributed by atoms with Gasteiger partial charge in [-0.1, -0.05) is 41.9 Å². The van der Waals surface area contributed by atoms with Gasteiger partial charge in [-0.3, -0.25) is 4.79 Å². The number of hydrogen-bond acceptors (Lipinski definition) is 4. The molecule has 0 saturated heterocycles. The Bertz CT molecular complexity index is 1050. The van der Waals surface area contributed by atoms with Gasteiger partial charge in [0.05, 0.1) is 17.3 Å². The first-order valence-corrected chi connectivity index (χ1v) is 10.6. The summed E-state index contributed by atoms with van der Waals surface area (Å²) >= 11 is 6.20. The van der Waals surface area contributed by atoms with Gasteiger partial charge in [0, 0.05) is 12.2 Å². The molecular weight excluding hydrogens is 412 g/mol. The predicted octanol–water partition coefficient (Wildman–Crippen LogP) is 5.99. The molecule has 0 spiro atoms. The van der Waals surface area contributed by atoms with E-state index in [4.69, 9.17) is 21.1 Å². The number of ether oxygens (including phenoxy) is 2. The highest BCUT2D eigenvalue weighted by atomic mass is 35.5. The Balaban J connectivity index is 1.63.